The van der Waals surface area contributed by atoms with Crippen molar-refractivity contribution in [2.24, 2.45) is 0 Å². The van der Waals surface area contributed by atoms with Crippen LogP contribution in [-0.2, 0) is 11.2 Å². The third-order valence-electron chi connectivity index (χ3n) is 3.74. The zero-order valence-electron chi connectivity index (χ0n) is 11.8. The molecule has 0 radical (unpaired) electrons. The van der Waals surface area contributed by atoms with E-state index < -0.39 is 0 Å². The van der Waals surface area contributed by atoms with E-state index in [0.717, 1.165) is 18.5 Å². The normalized spacial score (nSPS) is 16.3. The molecule has 2 atom stereocenters. The summed E-state index contributed by atoms with van der Waals surface area (Å²) < 4.78 is 19.3. The summed E-state index contributed by atoms with van der Waals surface area (Å²) in [6.07, 6.45) is 1.52. The van der Waals surface area contributed by atoms with Gasteiger partial charge in [0.2, 0.25) is 0 Å². The topological polar surface area (TPSA) is 21.3 Å². The van der Waals surface area contributed by atoms with Gasteiger partial charge in [-0.15, -0.1) is 0 Å². The summed E-state index contributed by atoms with van der Waals surface area (Å²) in [6, 6.07) is 7.04. The van der Waals surface area contributed by atoms with Crippen molar-refractivity contribution in [2.75, 3.05) is 13.7 Å². The Kier molecular flexibility index (Phi) is 5.76. The van der Waals surface area contributed by atoms with E-state index in [2.05, 4.69) is 26.1 Å². The SMILES string of the molecule is CCNC(Cc1ccccc1F)C(C)(CC)OC. The lowest BCUT2D eigenvalue weighted by Crippen LogP contribution is -2.51. The molecule has 1 N–H and O–H groups in total. The first-order chi connectivity index (χ1) is 8.57. The van der Waals surface area contributed by atoms with Crippen LogP contribution in [0.15, 0.2) is 24.3 Å². The fourth-order valence-electron chi connectivity index (χ4n) is 2.17. The summed E-state index contributed by atoms with van der Waals surface area (Å²) in [5, 5.41) is 3.41. The van der Waals surface area contributed by atoms with Gasteiger partial charge >= 0.3 is 0 Å². The van der Waals surface area contributed by atoms with Gasteiger partial charge in [0.1, 0.15) is 5.82 Å². The second-order valence-corrected chi connectivity index (χ2v) is 4.78. The Labute approximate surface area is 110 Å². The molecule has 0 aliphatic heterocycles. The quantitative estimate of drug-likeness (QED) is 0.806. The highest BCUT2D eigenvalue weighted by atomic mass is 19.1. The Hall–Kier alpha value is -0.930. The molecule has 102 valence electrons. The number of hydrogen-bond acceptors (Lipinski definition) is 2. The highest BCUT2D eigenvalue weighted by Gasteiger charge is 2.32. The maximum absolute atomic E-state index is 13.7. The number of hydrogen-bond donors (Lipinski definition) is 1. The lowest BCUT2D eigenvalue weighted by atomic mass is 9.88. The van der Waals surface area contributed by atoms with Crippen molar-refractivity contribution in [2.45, 2.75) is 45.3 Å². The average molecular weight is 253 g/mol. The summed E-state index contributed by atoms with van der Waals surface area (Å²) in [7, 11) is 1.72. The molecule has 0 bridgehead atoms. The smallest absolute Gasteiger partial charge is 0.126 e. The van der Waals surface area contributed by atoms with Gasteiger partial charge in [-0.05, 0) is 37.9 Å². The first kappa shape index (κ1) is 15.1. The van der Waals surface area contributed by atoms with E-state index in [0.29, 0.717) is 6.42 Å². The van der Waals surface area contributed by atoms with Gasteiger partial charge in [0.15, 0.2) is 0 Å². The largest absolute Gasteiger partial charge is 0.377 e. The first-order valence-corrected chi connectivity index (χ1v) is 6.59. The molecule has 1 aromatic rings. The van der Waals surface area contributed by atoms with Gasteiger partial charge in [-0.2, -0.15) is 0 Å². The van der Waals surface area contributed by atoms with Crippen LogP contribution in [0.3, 0.4) is 0 Å². The lowest BCUT2D eigenvalue weighted by Gasteiger charge is -2.36. The summed E-state index contributed by atoms with van der Waals surface area (Å²) in [6.45, 7) is 7.06. The van der Waals surface area contributed by atoms with Crippen LogP contribution in [0.2, 0.25) is 0 Å². The van der Waals surface area contributed by atoms with Gasteiger partial charge < -0.3 is 10.1 Å². The van der Waals surface area contributed by atoms with E-state index in [1.54, 1.807) is 13.2 Å². The minimum Gasteiger partial charge on any atom is -0.377 e. The molecule has 0 heterocycles. The number of rotatable bonds is 7. The molecule has 0 saturated heterocycles. The fraction of sp³-hybridized carbons (Fsp3) is 0.600. The standard InChI is InChI=1S/C15H24FNO/c1-5-15(3,18-4)14(17-6-2)11-12-9-7-8-10-13(12)16/h7-10,14,17H,5-6,11H2,1-4H3. The zero-order valence-corrected chi connectivity index (χ0v) is 11.8. The number of halogens is 1. The summed E-state index contributed by atoms with van der Waals surface area (Å²) in [4.78, 5) is 0. The number of likely N-dealkylation sites (N-methyl/N-ethyl adjacent to an activating group) is 1. The van der Waals surface area contributed by atoms with Crippen LogP contribution in [0, 0.1) is 5.82 Å². The number of methoxy groups -OCH3 is 1. The molecule has 0 saturated carbocycles. The summed E-state index contributed by atoms with van der Waals surface area (Å²) in [5.74, 6) is -0.144. The van der Waals surface area contributed by atoms with Gasteiger partial charge in [-0.3, -0.25) is 0 Å². The van der Waals surface area contributed by atoms with Gasteiger partial charge in [0.25, 0.3) is 0 Å². The van der Waals surface area contributed by atoms with E-state index in [9.17, 15) is 4.39 Å². The third kappa shape index (κ3) is 3.53. The van der Waals surface area contributed by atoms with Crippen LogP contribution in [0.5, 0.6) is 0 Å². The van der Waals surface area contributed by atoms with Crippen LogP contribution in [0.25, 0.3) is 0 Å². The molecule has 0 amide bonds. The van der Waals surface area contributed by atoms with Crippen molar-refractivity contribution in [3.05, 3.63) is 35.6 Å². The molecule has 0 fully saturated rings. The van der Waals surface area contributed by atoms with Gasteiger partial charge in [0, 0.05) is 13.2 Å². The number of ether oxygens (including phenoxy) is 1. The fourth-order valence-corrected chi connectivity index (χ4v) is 2.17. The van der Waals surface area contributed by atoms with Crippen molar-refractivity contribution >= 4 is 0 Å². The van der Waals surface area contributed by atoms with E-state index in [1.807, 2.05) is 12.1 Å². The summed E-state index contributed by atoms with van der Waals surface area (Å²) in [5.41, 5.74) is 0.457. The molecule has 0 aliphatic rings. The molecule has 2 unspecified atom stereocenters. The molecule has 0 aliphatic carbocycles. The van der Waals surface area contributed by atoms with Crippen molar-refractivity contribution in [1.29, 1.82) is 0 Å². The Morgan fingerprint density at radius 3 is 2.50 bits per heavy atom. The monoisotopic (exact) mass is 253 g/mol. The molecule has 0 aromatic heterocycles. The Bertz CT molecular complexity index is 363. The zero-order chi connectivity index (χ0) is 13.6. The Morgan fingerprint density at radius 2 is 2.00 bits per heavy atom. The highest BCUT2D eigenvalue weighted by molar-refractivity contribution is 5.19. The Morgan fingerprint density at radius 1 is 1.33 bits per heavy atom. The molecule has 1 aromatic carbocycles. The maximum atomic E-state index is 13.7. The maximum Gasteiger partial charge on any atom is 0.126 e. The molecule has 1 rings (SSSR count). The lowest BCUT2D eigenvalue weighted by molar-refractivity contribution is -0.0285. The van der Waals surface area contributed by atoms with Crippen LogP contribution >= 0.6 is 0 Å². The average Bonchev–Trinajstić information content (AvgIpc) is 2.39. The molecule has 18 heavy (non-hydrogen) atoms. The van der Waals surface area contributed by atoms with Gasteiger partial charge in [-0.25, -0.2) is 4.39 Å². The number of benzene rings is 1. The van der Waals surface area contributed by atoms with Crippen LogP contribution in [-0.4, -0.2) is 25.3 Å². The van der Waals surface area contributed by atoms with Gasteiger partial charge in [0.05, 0.1) is 5.60 Å². The molecule has 0 spiro atoms. The van der Waals surface area contributed by atoms with Crippen LogP contribution in [0.1, 0.15) is 32.8 Å². The van der Waals surface area contributed by atoms with Crippen molar-refractivity contribution < 1.29 is 9.13 Å². The predicted molar refractivity (Wildman–Crippen MR) is 73.3 cm³/mol. The summed E-state index contributed by atoms with van der Waals surface area (Å²) >= 11 is 0. The van der Waals surface area contributed by atoms with Gasteiger partial charge in [-0.1, -0.05) is 32.0 Å². The van der Waals surface area contributed by atoms with Crippen LogP contribution in [0.4, 0.5) is 4.39 Å². The van der Waals surface area contributed by atoms with E-state index >= 15 is 0 Å². The van der Waals surface area contributed by atoms with E-state index in [4.69, 9.17) is 4.74 Å². The highest BCUT2D eigenvalue weighted by Crippen LogP contribution is 2.23. The molecular formula is C15H24FNO. The van der Waals surface area contributed by atoms with E-state index in [1.165, 1.54) is 6.07 Å². The van der Waals surface area contributed by atoms with Crippen molar-refractivity contribution in [1.82, 2.24) is 5.32 Å². The predicted octanol–water partition coefficient (Wildman–Crippen LogP) is 3.16. The minimum atomic E-state index is -0.279. The van der Waals surface area contributed by atoms with E-state index in [-0.39, 0.29) is 17.5 Å². The van der Waals surface area contributed by atoms with Crippen LogP contribution < -0.4 is 5.32 Å². The third-order valence-corrected chi connectivity index (χ3v) is 3.74. The van der Waals surface area contributed by atoms with Crippen molar-refractivity contribution in [3.63, 3.8) is 0 Å². The molecule has 3 heteroatoms. The first-order valence-electron chi connectivity index (χ1n) is 6.59. The Balaban J connectivity index is 2.90. The second kappa shape index (κ2) is 6.86. The number of nitrogens with one attached hydrogen (secondary N) is 1. The van der Waals surface area contributed by atoms with Crippen molar-refractivity contribution in [3.8, 4) is 0 Å². The second-order valence-electron chi connectivity index (χ2n) is 4.78. The minimum absolute atomic E-state index is 0.106. The molecule has 2 nitrogen and oxygen atoms in total. The molecular weight excluding hydrogens is 229 g/mol.